The lowest BCUT2D eigenvalue weighted by molar-refractivity contribution is -0.152. The van der Waals surface area contributed by atoms with Crippen molar-refractivity contribution in [2.24, 2.45) is 0 Å². The van der Waals surface area contributed by atoms with Gasteiger partial charge in [0.2, 0.25) is 10.0 Å². The fourth-order valence-corrected chi connectivity index (χ4v) is 6.67. The standard InChI is InChI=1S/C21H22N4O5S3/c1-31-17-10-3-2-7-14(17)22-19(26)13-30-21(27)16-9-4-5-12-25(16)33(28,29)18-11-6-8-15-20(18)24-32-23-15/h2-3,6-8,10-11,16H,4-5,9,12-13H2,1H3,(H,22,26). The molecule has 1 fully saturated rings. The van der Waals surface area contributed by atoms with Gasteiger partial charge in [0.05, 0.1) is 17.4 Å². The van der Waals surface area contributed by atoms with Crippen LogP contribution in [0.2, 0.25) is 0 Å². The van der Waals surface area contributed by atoms with Crippen molar-refractivity contribution >= 4 is 62.1 Å². The number of nitrogens with one attached hydrogen (secondary N) is 1. The highest BCUT2D eigenvalue weighted by Gasteiger charge is 2.39. The number of sulfonamides is 1. The van der Waals surface area contributed by atoms with Gasteiger partial charge in [0, 0.05) is 11.4 Å². The molecule has 3 aromatic rings. The third-order valence-electron chi connectivity index (χ3n) is 5.29. The number of para-hydroxylation sites is 1. The molecule has 0 saturated carbocycles. The van der Waals surface area contributed by atoms with Crippen LogP contribution in [-0.2, 0) is 24.3 Å². The van der Waals surface area contributed by atoms with E-state index in [1.165, 1.54) is 17.8 Å². The van der Waals surface area contributed by atoms with E-state index in [1.54, 1.807) is 24.3 Å². The van der Waals surface area contributed by atoms with E-state index >= 15 is 0 Å². The van der Waals surface area contributed by atoms with E-state index in [0.29, 0.717) is 30.5 Å². The van der Waals surface area contributed by atoms with Gasteiger partial charge in [-0.1, -0.05) is 18.2 Å². The summed E-state index contributed by atoms with van der Waals surface area (Å²) in [4.78, 5) is 26.1. The monoisotopic (exact) mass is 506 g/mol. The summed E-state index contributed by atoms with van der Waals surface area (Å²) in [6.07, 6.45) is 3.52. The number of anilines is 1. The van der Waals surface area contributed by atoms with Gasteiger partial charge in [-0.2, -0.15) is 13.1 Å². The van der Waals surface area contributed by atoms with Crippen LogP contribution in [0.5, 0.6) is 0 Å². The third-order valence-corrected chi connectivity index (χ3v) is 8.57. The van der Waals surface area contributed by atoms with Crippen molar-refractivity contribution in [2.75, 3.05) is 24.7 Å². The number of carbonyl (C=O) groups is 2. The van der Waals surface area contributed by atoms with E-state index in [9.17, 15) is 18.0 Å². The maximum atomic E-state index is 13.4. The minimum absolute atomic E-state index is 0.0138. The van der Waals surface area contributed by atoms with Gasteiger partial charge in [-0.05, 0) is 49.8 Å². The molecule has 12 heteroatoms. The molecule has 1 saturated heterocycles. The van der Waals surface area contributed by atoms with Gasteiger partial charge in [-0.25, -0.2) is 8.42 Å². The predicted molar refractivity (Wildman–Crippen MR) is 127 cm³/mol. The molecule has 174 valence electrons. The van der Waals surface area contributed by atoms with Crippen LogP contribution in [0.15, 0.2) is 52.3 Å². The van der Waals surface area contributed by atoms with Crippen LogP contribution in [0.3, 0.4) is 0 Å². The number of thioether (sulfide) groups is 1. The first kappa shape index (κ1) is 23.6. The van der Waals surface area contributed by atoms with Crippen LogP contribution in [-0.4, -0.2) is 58.8 Å². The minimum atomic E-state index is -4.02. The summed E-state index contributed by atoms with van der Waals surface area (Å²) in [5.74, 6) is -1.23. The maximum absolute atomic E-state index is 13.4. The van der Waals surface area contributed by atoms with Gasteiger partial charge in [0.1, 0.15) is 22.0 Å². The van der Waals surface area contributed by atoms with Crippen LogP contribution in [0, 0.1) is 0 Å². The summed E-state index contributed by atoms with van der Waals surface area (Å²) in [6, 6.07) is 11.0. The van der Waals surface area contributed by atoms with Gasteiger partial charge < -0.3 is 10.1 Å². The molecule has 1 aliphatic heterocycles. The topological polar surface area (TPSA) is 119 Å². The Balaban J connectivity index is 1.47. The van der Waals surface area contributed by atoms with Crippen molar-refractivity contribution in [1.29, 1.82) is 0 Å². The Morgan fingerprint density at radius 2 is 2.00 bits per heavy atom. The molecule has 9 nitrogen and oxygen atoms in total. The number of ether oxygens (including phenoxy) is 1. The normalized spacial score (nSPS) is 17.1. The Hall–Kier alpha value is -2.54. The molecular weight excluding hydrogens is 484 g/mol. The molecule has 1 amide bonds. The quantitative estimate of drug-likeness (QED) is 0.384. The zero-order valence-corrected chi connectivity index (χ0v) is 20.2. The van der Waals surface area contributed by atoms with E-state index in [1.807, 2.05) is 18.4 Å². The Kier molecular flexibility index (Phi) is 7.27. The van der Waals surface area contributed by atoms with E-state index in [0.717, 1.165) is 20.9 Å². The molecule has 1 atom stereocenters. The number of nitrogens with zero attached hydrogens (tertiary/aromatic N) is 3. The Morgan fingerprint density at radius 1 is 1.18 bits per heavy atom. The van der Waals surface area contributed by atoms with Crippen molar-refractivity contribution < 1.29 is 22.7 Å². The number of carbonyl (C=O) groups excluding carboxylic acids is 2. The zero-order valence-electron chi connectivity index (χ0n) is 17.8. The fraction of sp³-hybridized carbons (Fsp3) is 0.333. The molecule has 2 heterocycles. The first-order chi connectivity index (χ1) is 15.9. The molecule has 4 rings (SSSR count). The van der Waals surface area contributed by atoms with Gasteiger partial charge >= 0.3 is 5.97 Å². The van der Waals surface area contributed by atoms with E-state index in [2.05, 4.69) is 14.1 Å². The van der Waals surface area contributed by atoms with E-state index < -0.39 is 34.5 Å². The van der Waals surface area contributed by atoms with Crippen LogP contribution < -0.4 is 5.32 Å². The molecule has 0 radical (unpaired) electrons. The lowest BCUT2D eigenvalue weighted by Crippen LogP contribution is -2.49. The van der Waals surface area contributed by atoms with Crippen LogP contribution >= 0.6 is 23.5 Å². The first-order valence-electron chi connectivity index (χ1n) is 10.2. The van der Waals surface area contributed by atoms with Crippen molar-refractivity contribution in [3.8, 4) is 0 Å². The lowest BCUT2D eigenvalue weighted by Gasteiger charge is -2.32. The number of hydrogen-bond donors (Lipinski definition) is 1. The first-order valence-corrected chi connectivity index (χ1v) is 13.6. The molecule has 1 aromatic heterocycles. The SMILES string of the molecule is CSc1ccccc1NC(=O)COC(=O)C1CCCCN1S(=O)(=O)c1cccc2nsnc12. The van der Waals surface area contributed by atoms with Crippen molar-refractivity contribution in [3.05, 3.63) is 42.5 Å². The summed E-state index contributed by atoms with van der Waals surface area (Å²) in [5, 5.41) is 2.72. The predicted octanol–water partition coefficient (Wildman–Crippen LogP) is 3.14. The second-order valence-corrected chi connectivity index (χ2v) is 10.6. The average Bonchev–Trinajstić information content (AvgIpc) is 3.32. The molecule has 1 N–H and O–H groups in total. The Morgan fingerprint density at radius 3 is 2.82 bits per heavy atom. The molecule has 33 heavy (non-hydrogen) atoms. The Bertz CT molecular complexity index is 1280. The van der Waals surface area contributed by atoms with Gasteiger partial charge in [0.15, 0.2) is 6.61 Å². The lowest BCUT2D eigenvalue weighted by atomic mass is 10.1. The molecule has 1 unspecified atom stereocenters. The summed E-state index contributed by atoms with van der Waals surface area (Å²) in [7, 11) is -4.02. The van der Waals surface area contributed by atoms with Crippen molar-refractivity contribution in [3.63, 3.8) is 0 Å². The summed E-state index contributed by atoms with van der Waals surface area (Å²) >= 11 is 2.41. The van der Waals surface area contributed by atoms with Gasteiger partial charge in [-0.3, -0.25) is 9.59 Å². The summed E-state index contributed by atoms with van der Waals surface area (Å²) in [6.45, 7) is -0.319. The number of esters is 1. The average molecular weight is 507 g/mol. The highest BCUT2D eigenvalue weighted by atomic mass is 32.2. The van der Waals surface area contributed by atoms with Crippen LogP contribution in [0.1, 0.15) is 19.3 Å². The second-order valence-electron chi connectivity index (χ2n) is 7.37. The number of amides is 1. The van der Waals surface area contributed by atoms with Crippen LogP contribution in [0.25, 0.3) is 11.0 Å². The van der Waals surface area contributed by atoms with Crippen molar-refractivity contribution in [1.82, 2.24) is 13.1 Å². The number of fused-ring (bicyclic) bond motifs is 1. The highest BCUT2D eigenvalue weighted by molar-refractivity contribution is 7.98. The molecule has 0 aliphatic carbocycles. The van der Waals surface area contributed by atoms with E-state index in [-0.39, 0.29) is 17.0 Å². The second kappa shape index (κ2) is 10.2. The maximum Gasteiger partial charge on any atom is 0.324 e. The summed E-state index contributed by atoms with van der Waals surface area (Å²) in [5.41, 5.74) is 1.39. The molecule has 1 aliphatic rings. The molecular formula is C21H22N4O5S3. The summed E-state index contributed by atoms with van der Waals surface area (Å²) < 4.78 is 41.5. The number of hydrogen-bond acceptors (Lipinski definition) is 9. The molecule has 0 bridgehead atoms. The van der Waals surface area contributed by atoms with Gasteiger partial charge in [0.25, 0.3) is 5.91 Å². The smallest absolute Gasteiger partial charge is 0.324 e. The molecule has 0 spiro atoms. The van der Waals surface area contributed by atoms with Crippen molar-refractivity contribution in [2.45, 2.75) is 35.1 Å². The van der Waals surface area contributed by atoms with Gasteiger partial charge in [-0.15, -0.1) is 11.8 Å². The fourth-order valence-electron chi connectivity index (χ4n) is 3.71. The number of aromatic nitrogens is 2. The highest BCUT2D eigenvalue weighted by Crippen LogP contribution is 2.30. The number of rotatable bonds is 7. The number of piperidine rings is 1. The third kappa shape index (κ3) is 5.03. The van der Waals surface area contributed by atoms with Crippen LogP contribution in [0.4, 0.5) is 5.69 Å². The zero-order chi connectivity index (χ0) is 23.4. The largest absolute Gasteiger partial charge is 0.454 e. The molecule has 2 aromatic carbocycles. The minimum Gasteiger partial charge on any atom is -0.454 e. The van der Waals surface area contributed by atoms with E-state index in [4.69, 9.17) is 4.74 Å². The number of benzene rings is 2. The Labute approximate surface area is 199 Å².